The van der Waals surface area contributed by atoms with Crippen LogP contribution in [0.4, 0.5) is 0 Å². The van der Waals surface area contributed by atoms with Crippen LogP contribution in [0, 0.1) is 0 Å². The summed E-state index contributed by atoms with van der Waals surface area (Å²) in [6, 6.07) is 6.67. The van der Waals surface area contributed by atoms with Gasteiger partial charge in [-0.15, -0.1) is 11.3 Å². The summed E-state index contributed by atoms with van der Waals surface area (Å²) >= 11 is 1.77. The maximum absolute atomic E-state index is 6.28. The van der Waals surface area contributed by atoms with E-state index < -0.39 is 0 Å². The summed E-state index contributed by atoms with van der Waals surface area (Å²) in [6.45, 7) is 2.99. The van der Waals surface area contributed by atoms with Crippen LogP contribution in [0.15, 0.2) is 40.5 Å². The Balaban J connectivity index is 2.13. The van der Waals surface area contributed by atoms with Gasteiger partial charge in [0.1, 0.15) is 0 Å². The highest BCUT2D eigenvalue weighted by Crippen LogP contribution is 2.28. The van der Waals surface area contributed by atoms with E-state index in [2.05, 4.69) is 36.4 Å². The predicted octanol–water partition coefficient (Wildman–Crippen LogP) is 3.25. The Labute approximate surface area is 112 Å². The minimum atomic E-state index is 0.153. The fraction of sp³-hybridized carbons (Fsp3) is 0.429. The van der Waals surface area contributed by atoms with Crippen molar-refractivity contribution < 1.29 is 4.42 Å². The standard InChI is InChI=1S/C14H20N2OS/c1-3-12(15)14(13-5-4-8-18-13)16(2)9-11-6-7-17-10-11/h4-8,10,12,14H,3,9,15H2,1-2H3. The Bertz CT molecular complexity index is 438. The third-order valence-electron chi connectivity index (χ3n) is 3.20. The molecule has 0 amide bonds. The lowest BCUT2D eigenvalue weighted by molar-refractivity contribution is 0.204. The maximum atomic E-state index is 6.28. The first-order chi connectivity index (χ1) is 8.72. The second kappa shape index (κ2) is 6.18. The van der Waals surface area contributed by atoms with Crippen molar-refractivity contribution in [3.8, 4) is 0 Å². The lowest BCUT2D eigenvalue weighted by atomic mass is 10.0. The van der Waals surface area contributed by atoms with E-state index in [1.807, 2.05) is 6.07 Å². The number of hydrogen-bond donors (Lipinski definition) is 1. The molecule has 18 heavy (non-hydrogen) atoms. The first kappa shape index (κ1) is 13.3. The molecule has 0 saturated heterocycles. The lowest BCUT2D eigenvalue weighted by Gasteiger charge is -2.31. The minimum absolute atomic E-state index is 0.153. The average molecular weight is 264 g/mol. The van der Waals surface area contributed by atoms with Gasteiger partial charge in [-0.1, -0.05) is 13.0 Å². The Hall–Kier alpha value is -1.10. The molecule has 0 aliphatic heterocycles. The number of rotatable bonds is 6. The van der Waals surface area contributed by atoms with Crippen LogP contribution in [-0.2, 0) is 6.54 Å². The molecule has 0 aliphatic carbocycles. The molecule has 2 aromatic heterocycles. The first-order valence-electron chi connectivity index (χ1n) is 6.22. The molecule has 2 heterocycles. The third-order valence-corrected chi connectivity index (χ3v) is 4.14. The van der Waals surface area contributed by atoms with Crippen molar-refractivity contribution in [2.24, 2.45) is 5.73 Å². The average Bonchev–Trinajstić information content (AvgIpc) is 3.02. The highest BCUT2D eigenvalue weighted by Gasteiger charge is 2.24. The maximum Gasteiger partial charge on any atom is 0.0947 e. The molecule has 2 aromatic rings. The van der Waals surface area contributed by atoms with Crippen LogP contribution in [-0.4, -0.2) is 18.0 Å². The molecule has 0 radical (unpaired) electrons. The van der Waals surface area contributed by atoms with Crippen molar-refractivity contribution in [2.45, 2.75) is 32.0 Å². The number of thiophene rings is 1. The van der Waals surface area contributed by atoms with E-state index in [1.165, 1.54) is 10.4 Å². The number of nitrogens with two attached hydrogens (primary N) is 1. The molecule has 0 bridgehead atoms. The Kier molecular flexibility index (Phi) is 4.58. The summed E-state index contributed by atoms with van der Waals surface area (Å²) in [7, 11) is 2.12. The first-order valence-corrected chi connectivity index (χ1v) is 7.10. The fourth-order valence-electron chi connectivity index (χ4n) is 2.21. The smallest absolute Gasteiger partial charge is 0.0947 e. The zero-order valence-electron chi connectivity index (χ0n) is 10.9. The summed E-state index contributed by atoms with van der Waals surface area (Å²) < 4.78 is 5.12. The van der Waals surface area contributed by atoms with Gasteiger partial charge in [-0.3, -0.25) is 4.90 Å². The molecule has 2 N–H and O–H groups in total. The molecule has 0 saturated carbocycles. The van der Waals surface area contributed by atoms with Crippen molar-refractivity contribution in [1.29, 1.82) is 0 Å². The van der Waals surface area contributed by atoms with Crippen LogP contribution in [0.3, 0.4) is 0 Å². The molecule has 0 aromatic carbocycles. The molecular weight excluding hydrogens is 244 g/mol. The minimum Gasteiger partial charge on any atom is -0.472 e. The van der Waals surface area contributed by atoms with Crippen molar-refractivity contribution in [1.82, 2.24) is 4.90 Å². The van der Waals surface area contributed by atoms with Gasteiger partial charge in [-0.05, 0) is 31.0 Å². The van der Waals surface area contributed by atoms with E-state index in [0.717, 1.165) is 13.0 Å². The molecule has 0 aliphatic rings. The van der Waals surface area contributed by atoms with E-state index in [4.69, 9.17) is 10.2 Å². The normalized spacial score (nSPS) is 14.9. The van der Waals surface area contributed by atoms with Gasteiger partial charge in [-0.25, -0.2) is 0 Å². The molecule has 3 nitrogen and oxygen atoms in total. The Morgan fingerprint density at radius 3 is 2.83 bits per heavy atom. The number of nitrogens with zero attached hydrogens (tertiary/aromatic N) is 1. The van der Waals surface area contributed by atoms with E-state index in [1.54, 1.807) is 23.9 Å². The van der Waals surface area contributed by atoms with Gasteiger partial charge < -0.3 is 10.2 Å². The van der Waals surface area contributed by atoms with Gasteiger partial charge in [0.2, 0.25) is 0 Å². The third kappa shape index (κ3) is 3.02. The number of hydrogen-bond acceptors (Lipinski definition) is 4. The van der Waals surface area contributed by atoms with Crippen LogP contribution in [0.2, 0.25) is 0 Å². The van der Waals surface area contributed by atoms with Crippen LogP contribution in [0.25, 0.3) is 0 Å². The SMILES string of the molecule is CCC(N)C(c1cccs1)N(C)Cc1ccoc1. The van der Waals surface area contributed by atoms with Gasteiger partial charge in [0.25, 0.3) is 0 Å². The lowest BCUT2D eigenvalue weighted by Crippen LogP contribution is -2.38. The van der Waals surface area contributed by atoms with Crippen LogP contribution in [0.5, 0.6) is 0 Å². The topological polar surface area (TPSA) is 42.4 Å². The zero-order valence-corrected chi connectivity index (χ0v) is 11.7. The monoisotopic (exact) mass is 264 g/mol. The second-order valence-corrected chi connectivity index (χ2v) is 5.56. The van der Waals surface area contributed by atoms with Gasteiger partial charge in [0.15, 0.2) is 0 Å². The molecule has 2 unspecified atom stereocenters. The van der Waals surface area contributed by atoms with E-state index in [0.29, 0.717) is 0 Å². The largest absolute Gasteiger partial charge is 0.472 e. The molecular formula is C14H20N2OS. The second-order valence-electron chi connectivity index (χ2n) is 4.58. The molecule has 0 fully saturated rings. The molecule has 2 rings (SSSR count). The van der Waals surface area contributed by atoms with Gasteiger partial charge in [0.05, 0.1) is 18.6 Å². The van der Waals surface area contributed by atoms with Crippen molar-refractivity contribution in [3.63, 3.8) is 0 Å². The predicted molar refractivity (Wildman–Crippen MR) is 75.5 cm³/mol. The highest BCUT2D eigenvalue weighted by molar-refractivity contribution is 7.10. The zero-order chi connectivity index (χ0) is 13.0. The molecule has 4 heteroatoms. The summed E-state index contributed by atoms with van der Waals surface area (Å²) in [6.07, 6.45) is 4.47. The summed E-state index contributed by atoms with van der Waals surface area (Å²) in [5.74, 6) is 0. The van der Waals surface area contributed by atoms with Gasteiger partial charge in [-0.2, -0.15) is 0 Å². The van der Waals surface area contributed by atoms with Crippen LogP contribution in [0.1, 0.15) is 29.8 Å². The molecule has 98 valence electrons. The fourth-order valence-corrected chi connectivity index (χ4v) is 3.17. The van der Waals surface area contributed by atoms with E-state index >= 15 is 0 Å². The number of likely N-dealkylation sites (N-methyl/N-ethyl adjacent to an activating group) is 1. The van der Waals surface area contributed by atoms with Crippen LogP contribution < -0.4 is 5.73 Å². The Morgan fingerprint density at radius 2 is 2.28 bits per heavy atom. The van der Waals surface area contributed by atoms with Crippen molar-refractivity contribution in [2.75, 3.05) is 7.05 Å². The van der Waals surface area contributed by atoms with E-state index in [9.17, 15) is 0 Å². The summed E-state index contributed by atoms with van der Waals surface area (Å²) in [5, 5.41) is 2.11. The van der Waals surface area contributed by atoms with Gasteiger partial charge in [0, 0.05) is 23.0 Å². The Morgan fingerprint density at radius 1 is 1.44 bits per heavy atom. The number of furan rings is 1. The van der Waals surface area contributed by atoms with Crippen molar-refractivity contribution >= 4 is 11.3 Å². The highest BCUT2D eigenvalue weighted by atomic mass is 32.1. The summed E-state index contributed by atoms with van der Waals surface area (Å²) in [5.41, 5.74) is 7.46. The van der Waals surface area contributed by atoms with Gasteiger partial charge >= 0.3 is 0 Å². The summed E-state index contributed by atoms with van der Waals surface area (Å²) in [4.78, 5) is 3.63. The van der Waals surface area contributed by atoms with E-state index in [-0.39, 0.29) is 12.1 Å². The quantitative estimate of drug-likeness (QED) is 0.871. The molecule has 0 spiro atoms. The van der Waals surface area contributed by atoms with Crippen molar-refractivity contribution in [3.05, 3.63) is 46.5 Å². The molecule has 2 atom stereocenters. The van der Waals surface area contributed by atoms with Crippen LogP contribution >= 0.6 is 11.3 Å².